The molecule has 1 saturated carbocycles. The van der Waals surface area contributed by atoms with Crippen LogP contribution < -0.4 is 5.73 Å². The summed E-state index contributed by atoms with van der Waals surface area (Å²) in [5, 5.41) is 0. The third kappa shape index (κ3) is 2.33. The fraction of sp³-hybridized carbons (Fsp3) is 0.471. The third-order valence-electron chi connectivity index (χ3n) is 4.53. The van der Waals surface area contributed by atoms with E-state index in [0.29, 0.717) is 12.0 Å². The summed E-state index contributed by atoms with van der Waals surface area (Å²) < 4.78 is 7.73. The van der Waals surface area contributed by atoms with Crippen LogP contribution in [-0.4, -0.2) is 22.8 Å². The molecule has 0 spiro atoms. The van der Waals surface area contributed by atoms with Crippen LogP contribution in [0.1, 0.15) is 43.3 Å². The Morgan fingerprint density at radius 3 is 2.43 bits per heavy atom. The maximum absolute atomic E-state index is 6.47. The van der Waals surface area contributed by atoms with Gasteiger partial charge in [-0.05, 0) is 25.7 Å². The second-order valence-corrected chi connectivity index (χ2v) is 6.06. The predicted molar refractivity (Wildman–Crippen MR) is 83.1 cm³/mol. The molecule has 0 bridgehead atoms. The van der Waals surface area contributed by atoms with E-state index in [0.717, 1.165) is 49.0 Å². The van der Waals surface area contributed by atoms with Crippen molar-refractivity contribution in [2.45, 2.75) is 37.6 Å². The maximum Gasteiger partial charge on any atom is 0.142 e. The zero-order valence-electron chi connectivity index (χ0n) is 12.2. The number of benzene rings is 1. The van der Waals surface area contributed by atoms with Crippen LogP contribution in [0.3, 0.4) is 0 Å². The smallest absolute Gasteiger partial charge is 0.142 e. The average Bonchev–Trinajstić information content (AvgIpc) is 3.32. The van der Waals surface area contributed by atoms with Crippen molar-refractivity contribution in [1.29, 1.82) is 0 Å². The summed E-state index contributed by atoms with van der Waals surface area (Å²) in [5.41, 5.74) is 8.72. The Labute approximate surface area is 124 Å². The van der Waals surface area contributed by atoms with Crippen molar-refractivity contribution < 1.29 is 4.74 Å². The Balaban J connectivity index is 1.79. The quantitative estimate of drug-likeness (QED) is 0.939. The van der Waals surface area contributed by atoms with E-state index in [9.17, 15) is 0 Å². The van der Waals surface area contributed by atoms with Gasteiger partial charge < -0.3 is 15.0 Å². The lowest BCUT2D eigenvalue weighted by atomic mass is 9.96. The summed E-state index contributed by atoms with van der Waals surface area (Å²) in [5.74, 6) is 2.36. The molecule has 2 fully saturated rings. The second kappa shape index (κ2) is 5.19. The van der Waals surface area contributed by atoms with E-state index >= 15 is 0 Å². The van der Waals surface area contributed by atoms with Crippen LogP contribution in [0.25, 0.3) is 11.4 Å². The van der Waals surface area contributed by atoms with Gasteiger partial charge in [0.2, 0.25) is 0 Å². The van der Waals surface area contributed by atoms with Crippen LogP contribution in [0.15, 0.2) is 30.3 Å². The van der Waals surface area contributed by atoms with Gasteiger partial charge in [0.05, 0.1) is 5.69 Å². The van der Waals surface area contributed by atoms with Gasteiger partial charge >= 0.3 is 0 Å². The molecule has 21 heavy (non-hydrogen) atoms. The van der Waals surface area contributed by atoms with Crippen LogP contribution in [0.5, 0.6) is 0 Å². The standard InChI is InChI=1S/C17H21N3O/c18-16-15(12-8-10-21-11-9-12)19-17(20(16)14-6-7-14)13-4-2-1-3-5-13/h1-5,12,14H,6-11,18H2. The minimum absolute atomic E-state index is 0.446. The molecule has 0 unspecified atom stereocenters. The largest absolute Gasteiger partial charge is 0.384 e. The Bertz CT molecular complexity index is 625. The number of anilines is 1. The molecule has 4 rings (SSSR count). The van der Waals surface area contributed by atoms with Gasteiger partial charge in [0.1, 0.15) is 11.6 Å². The summed E-state index contributed by atoms with van der Waals surface area (Å²) in [7, 11) is 0. The second-order valence-electron chi connectivity index (χ2n) is 6.06. The van der Waals surface area contributed by atoms with Crippen molar-refractivity contribution in [2.24, 2.45) is 0 Å². The van der Waals surface area contributed by atoms with Gasteiger partial charge in [0.25, 0.3) is 0 Å². The van der Waals surface area contributed by atoms with E-state index in [1.807, 2.05) is 6.07 Å². The zero-order chi connectivity index (χ0) is 14.2. The molecule has 2 heterocycles. The maximum atomic E-state index is 6.47. The molecule has 2 aromatic rings. The van der Waals surface area contributed by atoms with Crippen molar-refractivity contribution in [3.05, 3.63) is 36.0 Å². The van der Waals surface area contributed by atoms with Crippen LogP contribution >= 0.6 is 0 Å². The number of rotatable bonds is 3. The Morgan fingerprint density at radius 1 is 1.05 bits per heavy atom. The van der Waals surface area contributed by atoms with Crippen molar-refractivity contribution in [3.8, 4) is 11.4 Å². The molecule has 4 nitrogen and oxygen atoms in total. The number of hydrogen-bond acceptors (Lipinski definition) is 3. The number of aromatic nitrogens is 2. The van der Waals surface area contributed by atoms with Gasteiger partial charge in [-0.3, -0.25) is 0 Å². The molecule has 1 aliphatic heterocycles. The number of imidazole rings is 1. The van der Waals surface area contributed by atoms with Gasteiger partial charge in [-0.1, -0.05) is 30.3 Å². The molecule has 0 radical (unpaired) electrons. The number of ether oxygens (including phenoxy) is 1. The lowest BCUT2D eigenvalue weighted by Gasteiger charge is -2.20. The Hall–Kier alpha value is -1.81. The highest BCUT2D eigenvalue weighted by atomic mass is 16.5. The monoisotopic (exact) mass is 283 g/mol. The van der Waals surface area contributed by atoms with E-state index < -0.39 is 0 Å². The normalized spacial score (nSPS) is 19.8. The van der Waals surface area contributed by atoms with E-state index in [1.54, 1.807) is 0 Å². The minimum atomic E-state index is 0.446. The third-order valence-corrected chi connectivity index (χ3v) is 4.53. The van der Waals surface area contributed by atoms with Crippen molar-refractivity contribution in [3.63, 3.8) is 0 Å². The molecule has 1 saturated heterocycles. The lowest BCUT2D eigenvalue weighted by molar-refractivity contribution is 0.0847. The summed E-state index contributed by atoms with van der Waals surface area (Å²) in [6.45, 7) is 1.64. The molecule has 2 N–H and O–H groups in total. The fourth-order valence-corrected chi connectivity index (χ4v) is 3.23. The number of nitrogen functional groups attached to an aromatic ring is 1. The number of nitrogens with zero attached hydrogens (tertiary/aromatic N) is 2. The molecule has 2 aliphatic rings. The average molecular weight is 283 g/mol. The van der Waals surface area contributed by atoms with Gasteiger partial charge in [-0.15, -0.1) is 0 Å². The number of nitrogens with two attached hydrogens (primary N) is 1. The van der Waals surface area contributed by atoms with Gasteiger partial charge in [0.15, 0.2) is 0 Å². The van der Waals surface area contributed by atoms with Crippen LogP contribution in [0.2, 0.25) is 0 Å². The molecule has 110 valence electrons. The molecule has 0 atom stereocenters. The molecular weight excluding hydrogens is 262 g/mol. The summed E-state index contributed by atoms with van der Waals surface area (Å²) in [4.78, 5) is 4.95. The first-order valence-corrected chi connectivity index (χ1v) is 7.85. The van der Waals surface area contributed by atoms with E-state index in [1.165, 1.54) is 12.8 Å². The highest BCUT2D eigenvalue weighted by Gasteiger charge is 2.32. The first-order chi connectivity index (χ1) is 10.3. The Morgan fingerprint density at radius 2 is 1.76 bits per heavy atom. The molecular formula is C17H21N3O. The number of hydrogen-bond donors (Lipinski definition) is 1. The summed E-state index contributed by atoms with van der Waals surface area (Å²) in [6.07, 6.45) is 4.49. The Kier molecular flexibility index (Phi) is 3.19. The van der Waals surface area contributed by atoms with Crippen molar-refractivity contribution >= 4 is 5.82 Å². The van der Waals surface area contributed by atoms with Crippen LogP contribution in [0, 0.1) is 0 Å². The molecule has 1 aromatic carbocycles. The first-order valence-electron chi connectivity index (χ1n) is 7.85. The molecule has 1 aliphatic carbocycles. The van der Waals surface area contributed by atoms with Gasteiger partial charge in [-0.25, -0.2) is 4.98 Å². The fourth-order valence-electron chi connectivity index (χ4n) is 3.23. The minimum Gasteiger partial charge on any atom is -0.384 e. The molecule has 0 amide bonds. The van der Waals surface area contributed by atoms with E-state index in [4.69, 9.17) is 15.5 Å². The SMILES string of the molecule is Nc1c(C2CCOCC2)nc(-c2ccccc2)n1C1CC1. The van der Waals surface area contributed by atoms with E-state index in [-0.39, 0.29) is 0 Å². The summed E-state index contributed by atoms with van der Waals surface area (Å²) >= 11 is 0. The molecule has 1 aromatic heterocycles. The van der Waals surface area contributed by atoms with Gasteiger partial charge in [-0.2, -0.15) is 0 Å². The molecule has 4 heteroatoms. The highest BCUT2D eigenvalue weighted by molar-refractivity contribution is 5.61. The highest BCUT2D eigenvalue weighted by Crippen LogP contribution is 2.43. The van der Waals surface area contributed by atoms with Crippen molar-refractivity contribution in [1.82, 2.24) is 9.55 Å². The lowest BCUT2D eigenvalue weighted by Crippen LogP contribution is -2.15. The van der Waals surface area contributed by atoms with Crippen LogP contribution in [-0.2, 0) is 4.74 Å². The summed E-state index contributed by atoms with van der Waals surface area (Å²) in [6, 6.07) is 10.9. The first kappa shape index (κ1) is 12.9. The van der Waals surface area contributed by atoms with Gasteiger partial charge in [0, 0.05) is 30.7 Å². The predicted octanol–water partition coefficient (Wildman–Crippen LogP) is 3.36. The topological polar surface area (TPSA) is 53.1 Å². The van der Waals surface area contributed by atoms with Crippen LogP contribution in [0.4, 0.5) is 5.82 Å². The van der Waals surface area contributed by atoms with Crippen molar-refractivity contribution in [2.75, 3.05) is 18.9 Å². The zero-order valence-corrected chi connectivity index (χ0v) is 12.2. The van der Waals surface area contributed by atoms with E-state index in [2.05, 4.69) is 28.8 Å².